The van der Waals surface area contributed by atoms with Crippen LogP contribution >= 0.6 is 22.9 Å². The fourth-order valence-corrected chi connectivity index (χ4v) is 3.77. The molecule has 1 fully saturated rings. The van der Waals surface area contributed by atoms with Gasteiger partial charge in [0.05, 0.1) is 16.9 Å². The van der Waals surface area contributed by atoms with E-state index < -0.39 is 0 Å². The van der Waals surface area contributed by atoms with Gasteiger partial charge in [0, 0.05) is 16.3 Å². The zero-order valence-electron chi connectivity index (χ0n) is 11.3. The van der Waals surface area contributed by atoms with Gasteiger partial charge < -0.3 is 10.4 Å². The lowest BCUT2D eigenvalue weighted by atomic mass is 9.85. The summed E-state index contributed by atoms with van der Waals surface area (Å²) in [6.45, 7) is 4.05. The average molecular weight is 302 g/mol. The Morgan fingerprint density at radius 2 is 2.42 bits per heavy atom. The maximum Gasteiger partial charge on any atom is 0.228 e. The highest BCUT2D eigenvalue weighted by atomic mass is 35.5. The number of hydrogen-bond acceptors (Lipinski definition) is 3. The third kappa shape index (κ3) is 3.12. The van der Waals surface area contributed by atoms with E-state index in [0.29, 0.717) is 4.34 Å². The summed E-state index contributed by atoms with van der Waals surface area (Å²) in [4.78, 5) is 13.3. The summed E-state index contributed by atoms with van der Waals surface area (Å²) in [5.41, 5.74) is -0.178. The van der Waals surface area contributed by atoms with Crippen LogP contribution in [0, 0.1) is 5.41 Å². The van der Waals surface area contributed by atoms with Crippen LogP contribution in [-0.2, 0) is 4.79 Å². The Morgan fingerprint density at radius 3 is 3.00 bits per heavy atom. The van der Waals surface area contributed by atoms with Gasteiger partial charge in [-0.3, -0.25) is 4.79 Å². The van der Waals surface area contributed by atoms with Crippen LogP contribution in [0.5, 0.6) is 0 Å². The molecule has 1 saturated carbocycles. The number of amides is 1. The summed E-state index contributed by atoms with van der Waals surface area (Å²) >= 11 is 7.34. The maximum absolute atomic E-state index is 12.3. The van der Waals surface area contributed by atoms with E-state index in [1.54, 1.807) is 0 Å². The van der Waals surface area contributed by atoms with Gasteiger partial charge >= 0.3 is 0 Å². The van der Waals surface area contributed by atoms with Crippen molar-refractivity contribution in [3.8, 4) is 0 Å². The largest absolute Gasteiger partial charge is 0.396 e. The molecule has 1 aliphatic rings. The van der Waals surface area contributed by atoms with Crippen LogP contribution in [-0.4, -0.2) is 23.7 Å². The Bertz CT molecular complexity index is 462. The van der Waals surface area contributed by atoms with E-state index >= 15 is 0 Å². The first-order valence-electron chi connectivity index (χ1n) is 6.63. The van der Waals surface area contributed by atoms with Gasteiger partial charge in [0.1, 0.15) is 0 Å². The van der Waals surface area contributed by atoms with Crippen LogP contribution in [0.15, 0.2) is 12.1 Å². The van der Waals surface area contributed by atoms with Crippen molar-refractivity contribution in [1.82, 2.24) is 5.32 Å². The van der Waals surface area contributed by atoms with Crippen LogP contribution in [0.2, 0.25) is 4.34 Å². The third-order valence-electron chi connectivity index (χ3n) is 4.17. The Hall–Kier alpha value is -0.580. The van der Waals surface area contributed by atoms with Crippen LogP contribution in [0.25, 0.3) is 0 Å². The molecule has 0 unspecified atom stereocenters. The van der Waals surface area contributed by atoms with Crippen LogP contribution < -0.4 is 5.32 Å². The summed E-state index contributed by atoms with van der Waals surface area (Å²) in [6, 6.07) is 3.79. The molecule has 1 aliphatic carbocycles. The first kappa shape index (κ1) is 14.8. The van der Waals surface area contributed by atoms with Crippen molar-refractivity contribution in [2.75, 3.05) is 6.61 Å². The van der Waals surface area contributed by atoms with Gasteiger partial charge in [0.25, 0.3) is 0 Å². The Labute approximate surface area is 123 Å². The SMILES string of the molecule is C[C@H](C(=O)N[C@H]1CCC[C@]1(C)CO)c1ccc(Cl)s1. The Morgan fingerprint density at radius 1 is 1.68 bits per heavy atom. The molecule has 0 bridgehead atoms. The molecule has 0 saturated heterocycles. The highest BCUT2D eigenvalue weighted by Gasteiger charge is 2.39. The lowest BCUT2D eigenvalue weighted by Gasteiger charge is -2.30. The molecule has 1 aromatic rings. The van der Waals surface area contributed by atoms with Crippen molar-refractivity contribution in [1.29, 1.82) is 0 Å². The standard InChI is InChI=1S/C14H20ClNO2S/c1-9(10-5-6-12(15)19-10)13(18)16-11-4-3-7-14(11,2)8-17/h5-6,9,11,17H,3-4,7-8H2,1-2H3,(H,16,18)/t9-,11-,14+/m0/s1. The van der Waals surface area contributed by atoms with E-state index in [1.807, 2.05) is 26.0 Å². The van der Waals surface area contributed by atoms with Crippen molar-refractivity contribution in [3.63, 3.8) is 0 Å². The van der Waals surface area contributed by atoms with Gasteiger partial charge in [0.15, 0.2) is 0 Å². The number of aliphatic hydroxyl groups excluding tert-OH is 1. The molecule has 106 valence electrons. The number of carbonyl (C=O) groups is 1. The highest BCUT2D eigenvalue weighted by molar-refractivity contribution is 7.16. The zero-order chi connectivity index (χ0) is 14.0. The van der Waals surface area contributed by atoms with Gasteiger partial charge in [-0.05, 0) is 31.9 Å². The van der Waals surface area contributed by atoms with Crippen molar-refractivity contribution < 1.29 is 9.90 Å². The molecule has 1 aromatic heterocycles. The lowest BCUT2D eigenvalue weighted by molar-refractivity contribution is -0.123. The van der Waals surface area contributed by atoms with Crippen LogP contribution in [0.3, 0.4) is 0 Å². The van der Waals surface area contributed by atoms with E-state index in [2.05, 4.69) is 5.32 Å². The van der Waals surface area contributed by atoms with Gasteiger partial charge in [-0.25, -0.2) is 0 Å². The van der Waals surface area contributed by atoms with Gasteiger partial charge in [-0.1, -0.05) is 24.9 Å². The van der Waals surface area contributed by atoms with E-state index in [-0.39, 0.29) is 29.9 Å². The smallest absolute Gasteiger partial charge is 0.228 e. The molecular weight excluding hydrogens is 282 g/mol. The molecule has 0 spiro atoms. The van der Waals surface area contributed by atoms with Gasteiger partial charge in [0.2, 0.25) is 5.91 Å². The fourth-order valence-electron chi connectivity index (χ4n) is 2.66. The van der Waals surface area contributed by atoms with E-state index in [0.717, 1.165) is 24.1 Å². The Balaban J connectivity index is 2.01. The number of halogens is 1. The second-order valence-electron chi connectivity index (χ2n) is 5.63. The number of hydrogen-bond donors (Lipinski definition) is 2. The molecule has 3 nitrogen and oxygen atoms in total. The quantitative estimate of drug-likeness (QED) is 0.897. The van der Waals surface area contributed by atoms with Crippen molar-refractivity contribution >= 4 is 28.8 Å². The molecule has 0 radical (unpaired) electrons. The molecule has 1 heterocycles. The summed E-state index contributed by atoms with van der Waals surface area (Å²) in [5.74, 6) is -0.175. The molecule has 5 heteroatoms. The zero-order valence-corrected chi connectivity index (χ0v) is 12.9. The first-order chi connectivity index (χ1) is 8.96. The minimum Gasteiger partial charge on any atom is -0.396 e. The lowest BCUT2D eigenvalue weighted by Crippen LogP contribution is -2.46. The number of nitrogens with one attached hydrogen (secondary N) is 1. The predicted molar refractivity (Wildman–Crippen MR) is 78.7 cm³/mol. The summed E-state index contributed by atoms with van der Waals surface area (Å²) in [7, 11) is 0. The average Bonchev–Trinajstić information content (AvgIpc) is 2.96. The molecule has 1 amide bonds. The van der Waals surface area contributed by atoms with Gasteiger partial charge in [-0.15, -0.1) is 11.3 Å². The normalized spacial score (nSPS) is 28.3. The molecule has 0 aromatic carbocycles. The van der Waals surface area contributed by atoms with Crippen LogP contribution in [0.4, 0.5) is 0 Å². The minimum atomic E-state index is -0.193. The van der Waals surface area contributed by atoms with E-state index in [4.69, 9.17) is 11.6 Å². The number of thiophene rings is 1. The number of rotatable bonds is 4. The summed E-state index contributed by atoms with van der Waals surface area (Å²) in [6.07, 6.45) is 2.97. The topological polar surface area (TPSA) is 49.3 Å². The summed E-state index contributed by atoms with van der Waals surface area (Å²) in [5, 5.41) is 12.6. The monoisotopic (exact) mass is 301 g/mol. The first-order valence-corrected chi connectivity index (χ1v) is 7.82. The fraction of sp³-hybridized carbons (Fsp3) is 0.643. The van der Waals surface area contributed by atoms with Gasteiger partial charge in [-0.2, -0.15) is 0 Å². The molecular formula is C14H20ClNO2S. The predicted octanol–water partition coefficient (Wildman–Crippen LogP) is 3.17. The second-order valence-corrected chi connectivity index (χ2v) is 7.38. The molecule has 2 rings (SSSR count). The van der Waals surface area contributed by atoms with E-state index in [9.17, 15) is 9.90 Å². The molecule has 2 N–H and O–H groups in total. The van der Waals surface area contributed by atoms with Crippen molar-refractivity contribution in [3.05, 3.63) is 21.3 Å². The number of aliphatic hydroxyl groups is 1. The summed E-state index contributed by atoms with van der Waals surface area (Å²) < 4.78 is 0.704. The van der Waals surface area contributed by atoms with Crippen LogP contribution in [0.1, 0.15) is 43.9 Å². The Kier molecular flexibility index (Phi) is 4.54. The van der Waals surface area contributed by atoms with Crippen molar-refractivity contribution in [2.45, 2.75) is 45.1 Å². The minimum absolute atomic E-state index is 0.0186. The van der Waals surface area contributed by atoms with E-state index in [1.165, 1.54) is 11.3 Å². The van der Waals surface area contributed by atoms with Crippen molar-refractivity contribution in [2.24, 2.45) is 5.41 Å². The second kappa shape index (κ2) is 5.81. The number of carbonyl (C=O) groups excluding carboxylic acids is 1. The maximum atomic E-state index is 12.3. The highest BCUT2D eigenvalue weighted by Crippen LogP contribution is 2.38. The third-order valence-corrected chi connectivity index (χ3v) is 5.59. The molecule has 0 aliphatic heterocycles. The molecule has 19 heavy (non-hydrogen) atoms. The molecule has 3 atom stereocenters.